The van der Waals surface area contributed by atoms with Crippen LogP contribution in [0, 0.1) is 0 Å². The number of allylic oxidation sites excluding steroid dienone is 1. The van der Waals surface area contributed by atoms with Gasteiger partial charge in [-0.1, -0.05) is 21.1 Å². The van der Waals surface area contributed by atoms with E-state index in [2.05, 4.69) is 25.6 Å². The van der Waals surface area contributed by atoms with Crippen molar-refractivity contribution >= 4 is 39.2 Å². The van der Waals surface area contributed by atoms with Gasteiger partial charge in [0.15, 0.2) is 0 Å². The molecule has 1 aromatic heterocycles. The molecule has 0 atom stereocenters. The molecule has 0 unspecified atom stereocenters. The van der Waals surface area contributed by atoms with E-state index in [4.69, 9.17) is 0 Å². The summed E-state index contributed by atoms with van der Waals surface area (Å²) >= 11 is 4.73. The fraction of sp³-hybridized carbons (Fsp3) is 0.154. The molecule has 104 valence electrons. The molecule has 0 saturated heterocycles. The highest BCUT2D eigenvalue weighted by Crippen LogP contribution is 2.15. The summed E-state index contributed by atoms with van der Waals surface area (Å²) in [7, 11) is 0. The van der Waals surface area contributed by atoms with Gasteiger partial charge in [-0.2, -0.15) is 0 Å². The van der Waals surface area contributed by atoms with Crippen molar-refractivity contribution in [1.29, 1.82) is 0 Å². The number of halogens is 1. The zero-order valence-electron chi connectivity index (χ0n) is 10.8. The van der Waals surface area contributed by atoms with E-state index in [9.17, 15) is 9.59 Å². The van der Waals surface area contributed by atoms with Gasteiger partial charge in [-0.05, 0) is 42.9 Å². The molecule has 2 rings (SSSR count). The van der Waals surface area contributed by atoms with Crippen LogP contribution in [0.1, 0.15) is 23.1 Å². The summed E-state index contributed by atoms with van der Waals surface area (Å²) in [5.41, 5.74) is 1.02. The van der Waals surface area contributed by atoms with Gasteiger partial charge < -0.3 is 0 Å². The third-order valence-electron chi connectivity index (χ3n) is 2.56. The molecular weight excluding hydrogens is 344 g/mol. The third-order valence-corrected chi connectivity index (χ3v) is 3.66. The van der Waals surface area contributed by atoms with Gasteiger partial charge in [0.1, 0.15) is 0 Å². The number of benzene rings is 1. The Morgan fingerprint density at radius 1 is 1.40 bits per heavy atom. The first-order valence-corrected chi connectivity index (χ1v) is 7.71. The van der Waals surface area contributed by atoms with Crippen molar-refractivity contribution in [3.63, 3.8) is 0 Å². The summed E-state index contributed by atoms with van der Waals surface area (Å²) in [6, 6.07) is 6.81. The van der Waals surface area contributed by atoms with E-state index < -0.39 is 5.76 Å². The highest BCUT2D eigenvalue weighted by Gasteiger charge is 2.20. The second-order valence-electron chi connectivity index (χ2n) is 3.94. The van der Waals surface area contributed by atoms with Crippen LogP contribution in [-0.4, -0.2) is 21.8 Å². The molecule has 0 amide bonds. The molecular formula is C13H11BrN2O3S. The maximum atomic E-state index is 12.4. The summed E-state index contributed by atoms with van der Waals surface area (Å²) in [6.07, 6.45) is 1.86. The normalized spacial score (nSPS) is 11.7. The van der Waals surface area contributed by atoms with Crippen LogP contribution >= 0.6 is 27.7 Å². The molecule has 0 bridgehead atoms. The molecule has 0 saturated carbocycles. The SMILES string of the molecule is CS/C=C(/C)n1c(C(=O)c2ccc(Br)cc2)noc1=O. The summed E-state index contributed by atoms with van der Waals surface area (Å²) in [4.78, 5) is 24.0. The van der Waals surface area contributed by atoms with Crippen molar-refractivity contribution < 1.29 is 9.32 Å². The molecule has 0 radical (unpaired) electrons. The Hall–Kier alpha value is -1.60. The fourth-order valence-corrected chi connectivity index (χ4v) is 2.37. The van der Waals surface area contributed by atoms with Gasteiger partial charge in [0.05, 0.1) is 0 Å². The minimum Gasteiger partial charge on any atom is -0.295 e. The molecule has 0 spiro atoms. The van der Waals surface area contributed by atoms with E-state index >= 15 is 0 Å². The van der Waals surface area contributed by atoms with Gasteiger partial charge in [-0.15, -0.1) is 11.8 Å². The van der Waals surface area contributed by atoms with E-state index in [-0.39, 0.29) is 11.6 Å². The monoisotopic (exact) mass is 354 g/mol. The van der Waals surface area contributed by atoms with Gasteiger partial charge in [0.25, 0.3) is 0 Å². The fourth-order valence-electron chi connectivity index (χ4n) is 1.66. The number of ketones is 1. The summed E-state index contributed by atoms with van der Waals surface area (Å²) < 4.78 is 6.64. The van der Waals surface area contributed by atoms with Gasteiger partial charge in [0.2, 0.25) is 11.6 Å². The largest absolute Gasteiger partial charge is 0.446 e. The van der Waals surface area contributed by atoms with Crippen LogP contribution in [0.4, 0.5) is 0 Å². The zero-order valence-corrected chi connectivity index (χ0v) is 13.2. The van der Waals surface area contributed by atoms with E-state index in [1.165, 1.54) is 16.3 Å². The van der Waals surface area contributed by atoms with Crippen molar-refractivity contribution in [3.05, 3.63) is 56.1 Å². The number of thioether (sulfide) groups is 1. The lowest BCUT2D eigenvalue weighted by atomic mass is 10.1. The predicted octanol–water partition coefficient (Wildman–Crippen LogP) is 3.01. The standard InChI is InChI=1S/C13H11BrN2O3S/c1-8(7-20-2)16-12(15-19-13(16)18)11(17)9-3-5-10(14)6-4-9/h3-7H,1-2H3/b8-7-. The van der Waals surface area contributed by atoms with Crippen LogP contribution in [-0.2, 0) is 0 Å². The molecule has 0 fully saturated rings. The van der Waals surface area contributed by atoms with Gasteiger partial charge in [0, 0.05) is 15.7 Å². The van der Waals surface area contributed by atoms with Crippen molar-refractivity contribution in [2.45, 2.75) is 6.92 Å². The lowest BCUT2D eigenvalue weighted by molar-refractivity contribution is 0.102. The van der Waals surface area contributed by atoms with Gasteiger partial charge in [-0.3, -0.25) is 9.32 Å². The molecule has 0 aliphatic heterocycles. The van der Waals surface area contributed by atoms with Crippen LogP contribution in [0.3, 0.4) is 0 Å². The number of nitrogens with zero attached hydrogens (tertiary/aromatic N) is 2. The Balaban J connectivity index is 2.48. The molecule has 0 aliphatic carbocycles. The van der Waals surface area contributed by atoms with Crippen LogP contribution in [0.5, 0.6) is 0 Å². The Morgan fingerprint density at radius 3 is 2.65 bits per heavy atom. The van der Waals surface area contributed by atoms with E-state index in [1.54, 1.807) is 36.6 Å². The van der Waals surface area contributed by atoms with Crippen LogP contribution in [0.2, 0.25) is 0 Å². The predicted molar refractivity (Wildman–Crippen MR) is 81.8 cm³/mol. The molecule has 7 heteroatoms. The minimum absolute atomic E-state index is 0.0277. The lowest BCUT2D eigenvalue weighted by Crippen LogP contribution is -2.18. The molecule has 1 heterocycles. The smallest absolute Gasteiger partial charge is 0.295 e. The van der Waals surface area contributed by atoms with E-state index in [0.717, 1.165) is 4.47 Å². The van der Waals surface area contributed by atoms with Crippen molar-refractivity contribution in [2.24, 2.45) is 0 Å². The Labute approximate surface area is 127 Å². The van der Waals surface area contributed by atoms with Gasteiger partial charge >= 0.3 is 5.76 Å². The zero-order chi connectivity index (χ0) is 14.7. The first-order valence-electron chi connectivity index (χ1n) is 5.63. The van der Waals surface area contributed by atoms with Crippen molar-refractivity contribution in [3.8, 4) is 0 Å². The molecule has 0 aliphatic rings. The minimum atomic E-state index is -0.673. The quantitative estimate of drug-likeness (QED) is 0.789. The first kappa shape index (κ1) is 14.8. The topological polar surface area (TPSA) is 65.1 Å². The highest BCUT2D eigenvalue weighted by molar-refractivity contribution is 9.10. The van der Waals surface area contributed by atoms with Gasteiger partial charge in [-0.25, -0.2) is 9.36 Å². The second-order valence-corrected chi connectivity index (χ2v) is 5.56. The number of carbonyl (C=O) groups is 1. The number of hydrogen-bond acceptors (Lipinski definition) is 5. The van der Waals surface area contributed by atoms with E-state index in [0.29, 0.717) is 11.3 Å². The lowest BCUT2D eigenvalue weighted by Gasteiger charge is -2.03. The number of carbonyl (C=O) groups excluding carboxylic acids is 1. The number of hydrogen-bond donors (Lipinski definition) is 0. The van der Waals surface area contributed by atoms with Crippen LogP contribution in [0.15, 0.2) is 43.5 Å². The molecule has 0 N–H and O–H groups in total. The second kappa shape index (κ2) is 6.23. The Kier molecular flexibility index (Phi) is 4.61. The highest BCUT2D eigenvalue weighted by atomic mass is 79.9. The van der Waals surface area contributed by atoms with Crippen LogP contribution < -0.4 is 5.76 Å². The van der Waals surface area contributed by atoms with Crippen molar-refractivity contribution in [1.82, 2.24) is 9.72 Å². The molecule has 20 heavy (non-hydrogen) atoms. The number of aromatic nitrogens is 2. The average Bonchev–Trinajstić information content (AvgIpc) is 2.81. The maximum Gasteiger partial charge on any atom is 0.446 e. The van der Waals surface area contributed by atoms with Crippen LogP contribution in [0.25, 0.3) is 5.70 Å². The Bertz CT molecular complexity index is 716. The molecule has 2 aromatic rings. The summed E-state index contributed by atoms with van der Waals surface area (Å²) in [6.45, 7) is 1.72. The average molecular weight is 355 g/mol. The summed E-state index contributed by atoms with van der Waals surface area (Å²) in [5.74, 6) is -1.06. The summed E-state index contributed by atoms with van der Waals surface area (Å²) in [5, 5.41) is 5.33. The molecule has 1 aromatic carbocycles. The van der Waals surface area contributed by atoms with Crippen molar-refractivity contribution in [2.75, 3.05) is 6.26 Å². The maximum absolute atomic E-state index is 12.4. The first-order chi connectivity index (χ1) is 9.54. The van der Waals surface area contributed by atoms with E-state index in [1.807, 2.05) is 6.26 Å². The molecule has 5 nitrogen and oxygen atoms in total. The number of rotatable bonds is 4. The Morgan fingerprint density at radius 2 is 2.05 bits per heavy atom. The third kappa shape index (κ3) is 2.94.